The molecule has 24 heavy (non-hydrogen) atoms. The van der Waals surface area contributed by atoms with Crippen LogP contribution in [0.2, 0.25) is 0 Å². The Bertz CT molecular complexity index is 523. The second kappa shape index (κ2) is 7.80. The van der Waals surface area contributed by atoms with Crippen molar-refractivity contribution >= 4 is 11.8 Å². The van der Waals surface area contributed by atoms with Crippen LogP contribution in [0.4, 0.5) is 0 Å². The molecule has 4 rings (SSSR count). The number of benzene rings is 1. The number of piperazine rings is 1. The first-order valence-electron chi connectivity index (χ1n) is 9.96. The highest BCUT2D eigenvalue weighted by molar-refractivity contribution is 7.98. The smallest absolute Gasteiger partial charge is 0.0283 e. The molecule has 2 nitrogen and oxygen atoms in total. The van der Waals surface area contributed by atoms with E-state index in [1.165, 1.54) is 75.0 Å². The molecule has 1 aliphatic carbocycles. The molecule has 1 aromatic rings. The van der Waals surface area contributed by atoms with Gasteiger partial charge in [-0.3, -0.25) is 9.80 Å². The lowest BCUT2D eigenvalue weighted by Crippen LogP contribution is -2.59. The lowest BCUT2D eigenvalue weighted by molar-refractivity contribution is -0.00380. The summed E-state index contributed by atoms with van der Waals surface area (Å²) in [5, 5.41) is 0. The average molecular weight is 345 g/mol. The first kappa shape index (κ1) is 16.9. The number of hydrogen-bond acceptors (Lipinski definition) is 3. The van der Waals surface area contributed by atoms with E-state index in [2.05, 4.69) is 40.3 Å². The highest BCUT2D eigenvalue weighted by Crippen LogP contribution is 2.38. The van der Waals surface area contributed by atoms with E-state index in [4.69, 9.17) is 0 Å². The Kier molecular flexibility index (Phi) is 5.50. The molecule has 0 radical (unpaired) electrons. The summed E-state index contributed by atoms with van der Waals surface area (Å²) in [7, 11) is 0. The molecule has 1 aromatic carbocycles. The van der Waals surface area contributed by atoms with Gasteiger partial charge in [0.05, 0.1) is 0 Å². The zero-order chi connectivity index (χ0) is 16.4. The molecule has 3 fully saturated rings. The molecule has 2 saturated heterocycles. The van der Waals surface area contributed by atoms with E-state index < -0.39 is 0 Å². The summed E-state index contributed by atoms with van der Waals surface area (Å²) in [6.07, 6.45) is 12.3. The molecule has 0 aromatic heterocycles. The Hall–Kier alpha value is -0.510. The van der Waals surface area contributed by atoms with Crippen LogP contribution in [0.1, 0.15) is 50.5 Å². The highest BCUT2D eigenvalue weighted by Gasteiger charge is 2.42. The van der Waals surface area contributed by atoms with Gasteiger partial charge in [0.1, 0.15) is 0 Å². The van der Waals surface area contributed by atoms with E-state index in [1.807, 2.05) is 11.8 Å². The second-order valence-electron chi connectivity index (χ2n) is 7.95. The summed E-state index contributed by atoms with van der Waals surface area (Å²) in [5.74, 6) is 0.940. The van der Waals surface area contributed by atoms with Gasteiger partial charge in [0, 0.05) is 36.6 Å². The molecule has 0 spiro atoms. The van der Waals surface area contributed by atoms with Crippen LogP contribution in [0.5, 0.6) is 0 Å². The largest absolute Gasteiger partial charge is 0.298 e. The molecule has 132 valence electrons. The molecular weight excluding hydrogens is 312 g/mol. The van der Waals surface area contributed by atoms with E-state index in [9.17, 15) is 0 Å². The van der Waals surface area contributed by atoms with Crippen LogP contribution in [0.25, 0.3) is 0 Å². The third-order valence-corrected chi connectivity index (χ3v) is 7.33. The van der Waals surface area contributed by atoms with Gasteiger partial charge in [0.25, 0.3) is 0 Å². The van der Waals surface area contributed by atoms with Crippen LogP contribution in [0.3, 0.4) is 0 Å². The SMILES string of the molecule is CSc1ccc(CN2CCN3CCC[C@@H]3[C@@H]2C2CCCCC2)cc1. The normalized spacial score (nSPS) is 29.7. The van der Waals surface area contributed by atoms with Crippen molar-refractivity contribution < 1.29 is 0 Å². The van der Waals surface area contributed by atoms with Gasteiger partial charge in [-0.2, -0.15) is 0 Å². The molecule has 0 N–H and O–H groups in total. The minimum Gasteiger partial charge on any atom is -0.298 e. The maximum absolute atomic E-state index is 2.86. The van der Waals surface area contributed by atoms with E-state index in [1.54, 1.807) is 0 Å². The zero-order valence-corrected chi connectivity index (χ0v) is 15.9. The Morgan fingerprint density at radius 1 is 0.917 bits per heavy atom. The van der Waals surface area contributed by atoms with Crippen LogP contribution in [-0.4, -0.2) is 47.8 Å². The molecule has 2 heterocycles. The van der Waals surface area contributed by atoms with Gasteiger partial charge in [-0.1, -0.05) is 31.4 Å². The van der Waals surface area contributed by atoms with Crippen LogP contribution < -0.4 is 0 Å². The van der Waals surface area contributed by atoms with Crippen LogP contribution in [-0.2, 0) is 6.54 Å². The van der Waals surface area contributed by atoms with Gasteiger partial charge in [-0.05, 0) is 62.1 Å². The number of fused-ring (bicyclic) bond motifs is 1. The van der Waals surface area contributed by atoms with Gasteiger partial charge in [0.15, 0.2) is 0 Å². The van der Waals surface area contributed by atoms with E-state index in [0.717, 1.165) is 24.5 Å². The van der Waals surface area contributed by atoms with Crippen molar-refractivity contribution in [2.45, 2.75) is 68.5 Å². The summed E-state index contributed by atoms with van der Waals surface area (Å²) in [5.41, 5.74) is 1.50. The van der Waals surface area contributed by atoms with Crippen molar-refractivity contribution in [1.29, 1.82) is 0 Å². The molecule has 3 aliphatic rings. The summed E-state index contributed by atoms with van der Waals surface area (Å²) in [6.45, 7) is 5.06. The number of thioether (sulfide) groups is 1. The first-order valence-corrected chi connectivity index (χ1v) is 11.2. The monoisotopic (exact) mass is 344 g/mol. The van der Waals surface area contributed by atoms with Crippen LogP contribution >= 0.6 is 11.8 Å². The third-order valence-electron chi connectivity index (χ3n) is 6.58. The Morgan fingerprint density at radius 3 is 2.46 bits per heavy atom. The van der Waals surface area contributed by atoms with E-state index >= 15 is 0 Å². The minimum atomic E-state index is 0.807. The van der Waals surface area contributed by atoms with Crippen molar-refractivity contribution in [1.82, 2.24) is 9.80 Å². The standard InChI is InChI=1S/C21H32N2S/c1-24-19-11-9-17(10-12-19)16-23-15-14-22-13-5-8-20(22)21(23)18-6-3-2-4-7-18/h9-12,18,20-21H,2-8,13-16H2,1H3/t20-,21+/m1/s1. The summed E-state index contributed by atoms with van der Waals surface area (Å²) >= 11 is 1.84. The molecule has 2 aliphatic heterocycles. The lowest BCUT2D eigenvalue weighted by atomic mass is 9.78. The van der Waals surface area contributed by atoms with Crippen LogP contribution in [0, 0.1) is 5.92 Å². The fourth-order valence-corrected chi connectivity index (χ4v) is 5.81. The van der Waals surface area contributed by atoms with Gasteiger partial charge < -0.3 is 0 Å². The van der Waals surface area contributed by atoms with Gasteiger partial charge >= 0.3 is 0 Å². The van der Waals surface area contributed by atoms with Gasteiger partial charge in [-0.25, -0.2) is 0 Å². The molecule has 1 saturated carbocycles. The van der Waals surface area contributed by atoms with E-state index in [-0.39, 0.29) is 0 Å². The Morgan fingerprint density at radius 2 is 1.71 bits per heavy atom. The van der Waals surface area contributed by atoms with E-state index in [0.29, 0.717) is 0 Å². The topological polar surface area (TPSA) is 6.48 Å². The molecule has 2 atom stereocenters. The molecular formula is C21H32N2S. The van der Waals surface area contributed by atoms with Crippen molar-refractivity contribution in [3.05, 3.63) is 29.8 Å². The average Bonchev–Trinajstić information content (AvgIpc) is 3.11. The summed E-state index contributed by atoms with van der Waals surface area (Å²) in [4.78, 5) is 7.05. The fourth-order valence-electron chi connectivity index (χ4n) is 5.40. The molecule has 0 bridgehead atoms. The predicted octanol–water partition coefficient (Wildman–Crippen LogP) is 4.64. The van der Waals surface area contributed by atoms with Gasteiger partial charge in [-0.15, -0.1) is 11.8 Å². The zero-order valence-electron chi connectivity index (χ0n) is 15.1. The fraction of sp³-hybridized carbons (Fsp3) is 0.714. The molecule has 3 heteroatoms. The number of rotatable bonds is 4. The van der Waals surface area contributed by atoms with Gasteiger partial charge in [0.2, 0.25) is 0 Å². The summed E-state index contributed by atoms with van der Waals surface area (Å²) < 4.78 is 0. The predicted molar refractivity (Wildman–Crippen MR) is 104 cm³/mol. The quantitative estimate of drug-likeness (QED) is 0.735. The van der Waals surface area contributed by atoms with Crippen molar-refractivity contribution in [2.75, 3.05) is 25.9 Å². The maximum atomic E-state index is 2.86. The number of nitrogens with zero attached hydrogens (tertiary/aromatic N) is 2. The van der Waals surface area contributed by atoms with Crippen LogP contribution in [0.15, 0.2) is 29.2 Å². The highest BCUT2D eigenvalue weighted by atomic mass is 32.2. The third kappa shape index (κ3) is 3.54. The summed E-state index contributed by atoms with van der Waals surface area (Å²) in [6, 6.07) is 10.9. The first-order chi connectivity index (χ1) is 11.8. The lowest BCUT2D eigenvalue weighted by Gasteiger charge is -2.49. The Balaban J connectivity index is 1.52. The van der Waals surface area contributed by atoms with Crippen molar-refractivity contribution in [3.63, 3.8) is 0 Å². The second-order valence-corrected chi connectivity index (χ2v) is 8.83. The Labute approximate surface area is 152 Å². The molecule has 0 amide bonds. The maximum Gasteiger partial charge on any atom is 0.0283 e. The molecule has 0 unspecified atom stereocenters. The minimum absolute atomic E-state index is 0.807. The number of hydrogen-bond donors (Lipinski definition) is 0. The van der Waals surface area contributed by atoms with Crippen molar-refractivity contribution in [3.8, 4) is 0 Å². The van der Waals surface area contributed by atoms with Crippen molar-refractivity contribution in [2.24, 2.45) is 5.92 Å².